The van der Waals surface area contributed by atoms with Gasteiger partial charge in [-0.3, -0.25) is 0 Å². The fourth-order valence-electron chi connectivity index (χ4n) is 4.91. The zero-order valence-electron chi connectivity index (χ0n) is 19.3. The van der Waals surface area contributed by atoms with E-state index in [0.717, 1.165) is 22.3 Å². The van der Waals surface area contributed by atoms with Crippen molar-refractivity contribution in [2.24, 2.45) is 5.41 Å². The zero-order valence-corrected chi connectivity index (χ0v) is 19.3. The third kappa shape index (κ3) is 3.83. The van der Waals surface area contributed by atoms with Gasteiger partial charge in [0.05, 0.1) is 25.4 Å². The van der Waals surface area contributed by atoms with Crippen LogP contribution in [0.3, 0.4) is 0 Å². The average Bonchev–Trinajstić information content (AvgIpc) is 3.16. The smallest absolute Gasteiger partial charge is 0.407 e. The Morgan fingerprint density at radius 1 is 1.09 bits per heavy atom. The van der Waals surface area contributed by atoms with Gasteiger partial charge in [-0.2, -0.15) is 0 Å². The highest BCUT2D eigenvalue weighted by Crippen LogP contribution is 2.45. The number of nitrogens with one attached hydrogen (secondary N) is 1. The minimum atomic E-state index is -1.54. The second-order valence-corrected chi connectivity index (χ2v) is 9.89. The highest BCUT2D eigenvalue weighted by molar-refractivity contribution is 5.79. The van der Waals surface area contributed by atoms with Crippen molar-refractivity contribution in [3.63, 3.8) is 0 Å². The van der Waals surface area contributed by atoms with Crippen molar-refractivity contribution in [1.82, 2.24) is 5.32 Å². The summed E-state index contributed by atoms with van der Waals surface area (Å²) < 4.78 is 23.4. The van der Waals surface area contributed by atoms with Gasteiger partial charge in [-0.15, -0.1) is 0 Å². The first-order valence-electron chi connectivity index (χ1n) is 11.5. The van der Waals surface area contributed by atoms with Crippen LogP contribution in [0.4, 0.5) is 4.79 Å². The molecule has 0 aromatic heterocycles. The molecule has 0 unspecified atom stereocenters. The van der Waals surface area contributed by atoms with E-state index in [1.54, 1.807) is 6.92 Å². The molecule has 3 saturated heterocycles. The van der Waals surface area contributed by atoms with Crippen LogP contribution >= 0.6 is 0 Å². The van der Waals surface area contributed by atoms with Gasteiger partial charge in [-0.05, 0) is 35.6 Å². The third-order valence-electron chi connectivity index (χ3n) is 7.16. The summed E-state index contributed by atoms with van der Waals surface area (Å²) >= 11 is 0. The molecule has 4 aliphatic rings. The van der Waals surface area contributed by atoms with Gasteiger partial charge in [-0.1, -0.05) is 62.4 Å². The topological polar surface area (TPSA) is 86.3 Å². The van der Waals surface area contributed by atoms with Crippen LogP contribution in [-0.2, 0) is 18.9 Å². The van der Waals surface area contributed by atoms with Crippen molar-refractivity contribution >= 4 is 6.09 Å². The maximum absolute atomic E-state index is 13.0. The minimum absolute atomic E-state index is 0.0553. The molecule has 7 nitrogen and oxygen atoms in total. The van der Waals surface area contributed by atoms with Gasteiger partial charge in [0.25, 0.3) is 0 Å². The molecule has 3 aliphatic heterocycles. The molecule has 7 heteroatoms. The summed E-state index contributed by atoms with van der Waals surface area (Å²) in [5.74, 6) is -1.59. The number of alkyl carbamates (subject to hydrolysis) is 1. The lowest BCUT2D eigenvalue weighted by molar-refractivity contribution is -0.481. The average molecular weight is 454 g/mol. The molecule has 3 fully saturated rings. The number of carbonyl (C=O) groups excluding carboxylic acids is 1. The third-order valence-corrected chi connectivity index (χ3v) is 7.16. The molecular formula is C26H31NO6. The predicted octanol–water partition coefficient (Wildman–Crippen LogP) is 3.79. The molecule has 0 spiro atoms. The Hall–Kier alpha value is -2.45. The monoisotopic (exact) mass is 453 g/mol. The maximum atomic E-state index is 13.0. The molecule has 0 saturated carbocycles. The number of benzene rings is 2. The molecule has 3 heterocycles. The van der Waals surface area contributed by atoms with E-state index >= 15 is 0 Å². The summed E-state index contributed by atoms with van der Waals surface area (Å²) in [6.07, 6.45) is -0.296. The first-order chi connectivity index (χ1) is 15.8. The second-order valence-electron chi connectivity index (χ2n) is 9.89. The van der Waals surface area contributed by atoms with Crippen LogP contribution in [-0.4, -0.2) is 55.2 Å². The van der Waals surface area contributed by atoms with E-state index in [0.29, 0.717) is 26.2 Å². The summed E-state index contributed by atoms with van der Waals surface area (Å²) in [5.41, 5.74) is 3.03. The van der Waals surface area contributed by atoms with Gasteiger partial charge < -0.3 is 29.4 Å². The van der Waals surface area contributed by atoms with Crippen LogP contribution < -0.4 is 5.32 Å². The number of ether oxygens (including phenoxy) is 4. The largest absolute Gasteiger partial charge is 0.449 e. The summed E-state index contributed by atoms with van der Waals surface area (Å²) in [5, 5.41) is 13.9. The Labute approximate surface area is 194 Å². The van der Waals surface area contributed by atoms with Crippen LogP contribution in [0.2, 0.25) is 0 Å². The summed E-state index contributed by atoms with van der Waals surface area (Å²) in [6, 6.07) is 15.4. The molecular weight excluding hydrogens is 422 g/mol. The van der Waals surface area contributed by atoms with Crippen molar-refractivity contribution < 1.29 is 28.8 Å². The van der Waals surface area contributed by atoms with Crippen molar-refractivity contribution in [1.29, 1.82) is 0 Å². The second kappa shape index (κ2) is 8.09. The number of rotatable bonds is 6. The van der Waals surface area contributed by atoms with E-state index in [2.05, 4.69) is 29.6 Å². The van der Waals surface area contributed by atoms with E-state index in [9.17, 15) is 9.90 Å². The summed E-state index contributed by atoms with van der Waals surface area (Å²) in [7, 11) is 0. The fourth-order valence-corrected chi connectivity index (χ4v) is 4.91. The van der Waals surface area contributed by atoms with E-state index in [4.69, 9.17) is 18.9 Å². The molecule has 2 bridgehead atoms. The normalized spacial score (nSPS) is 28.5. The lowest BCUT2D eigenvalue weighted by Gasteiger charge is -2.55. The van der Waals surface area contributed by atoms with Crippen molar-refractivity contribution in [3.8, 4) is 11.1 Å². The van der Waals surface area contributed by atoms with Gasteiger partial charge in [0.1, 0.15) is 12.6 Å². The SMILES string of the molecule is CC[C@](C)(O)[C@H](NC(=O)OCC1c2ccccc2-c2ccccc21)C12OCC(C)(CO1)CO2. The van der Waals surface area contributed by atoms with Crippen molar-refractivity contribution in [2.45, 2.75) is 50.7 Å². The lowest BCUT2D eigenvalue weighted by atomic mass is 9.86. The first kappa shape index (κ1) is 22.3. The number of carbonyl (C=O) groups is 1. The number of aliphatic hydroxyl groups is 1. The Bertz CT molecular complexity index is 981. The molecule has 2 atom stereocenters. The Balaban J connectivity index is 1.32. The van der Waals surface area contributed by atoms with Gasteiger partial charge in [0.15, 0.2) is 0 Å². The van der Waals surface area contributed by atoms with Crippen molar-refractivity contribution in [2.75, 3.05) is 26.4 Å². The molecule has 2 aromatic carbocycles. The van der Waals surface area contributed by atoms with E-state index < -0.39 is 23.7 Å². The predicted molar refractivity (Wildman–Crippen MR) is 122 cm³/mol. The van der Waals surface area contributed by atoms with E-state index in [1.165, 1.54) is 0 Å². The van der Waals surface area contributed by atoms with Crippen LogP contribution in [0.1, 0.15) is 44.2 Å². The molecule has 0 radical (unpaired) electrons. The van der Waals surface area contributed by atoms with Crippen LogP contribution in [0.5, 0.6) is 0 Å². The zero-order chi connectivity index (χ0) is 23.3. The molecule has 1 amide bonds. The first-order valence-corrected chi connectivity index (χ1v) is 11.5. The minimum Gasteiger partial charge on any atom is -0.449 e. The molecule has 2 N–H and O–H groups in total. The number of amides is 1. The van der Waals surface area contributed by atoms with Crippen LogP contribution in [0, 0.1) is 5.41 Å². The quantitative estimate of drug-likeness (QED) is 0.692. The summed E-state index contributed by atoms with van der Waals surface area (Å²) in [4.78, 5) is 13.0. The Morgan fingerprint density at radius 2 is 1.61 bits per heavy atom. The van der Waals surface area contributed by atoms with Crippen molar-refractivity contribution in [3.05, 3.63) is 59.7 Å². The standard InChI is InChI=1S/C26H31NO6/c1-4-25(3,29)22(26-31-14-24(2,15-32-26)16-33-26)27-23(28)30-13-21-19-11-7-5-9-17(19)18-10-6-8-12-20(18)21/h5-12,21-22,29H,4,13-16H2,1-3H3,(H,27,28)/t22-,24?,25-,26?/m0/s1. The molecule has 2 aromatic rings. The van der Waals surface area contributed by atoms with Gasteiger partial charge in [0, 0.05) is 11.3 Å². The molecule has 1 aliphatic carbocycles. The van der Waals surface area contributed by atoms with E-state index in [1.807, 2.05) is 38.1 Å². The molecule has 33 heavy (non-hydrogen) atoms. The highest BCUT2D eigenvalue weighted by Gasteiger charge is 2.60. The van der Waals surface area contributed by atoms with Gasteiger partial charge in [0.2, 0.25) is 0 Å². The van der Waals surface area contributed by atoms with Crippen LogP contribution in [0.15, 0.2) is 48.5 Å². The fraction of sp³-hybridized carbons (Fsp3) is 0.500. The Morgan fingerprint density at radius 3 is 2.12 bits per heavy atom. The summed E-state index contributed by atoms with van der Waals surface area (Å²) in [6.45, 7) is 6.94. The van der Waals surface area contributed by atoms with Crippen LogP contribution in [0.25, 0.3) is 11.1 Å². The Kier molecular flexibility index (Phi) is 5.48. The lowest BCUT2D eigenvalue weighted by Crippen LogP contribution is -2.72. The number of fused-ring (bicyclic) bond motifs is 6. The number of hydrogen-bond acceptors (Lipinski definition) is 6. The molecule has 176 valence electrons. The number of hydrogen-bond donors (Lipinski definition) is 2. The molecule has 6 rings (SSSR count). The highest BCUT2D eigenvalue weighted by atomic mass is 16.9. The van der Waals surface area contributed by atoms with Gasteiger partial charge in [-0.25, -0.2) is 4.79 Å². The maximum Gasteiger partial charge on any atom is 0.407 e. The van der Waals surface area contributed by atoms with Gasteiger partial charge >= 0.3 is 12.1 Å². The van der Waals surface area contributed by atoms with E-state index in [-0.39, 0.29) is 17.9 Å².